The zero-order chi connectivity index (χ0) is 23.4. The van der Waals surface area contributed by atoms with Crippen LogP contribution in [0.25, 0.3) is 0 Å². The summed E-state index contributed by atoms with van der Waals surface area (Å²) in [5.74, 6) is 1.62. The van der Waals surface area contributed by atoms with E-state index in [1.54, 1.807) is 16.3 Å². The second kappa shape index (κ2) is 10.0. The van der Waals surface area contributed by atoms with Gasteiger partial charge in [0.1, 0.15) is 9.96 Å². The van der Waals surface area contributed by atoms with Crippen molar-refractivity contribution in [3.63, 3.8) is 0 Å². The first-order valence-corrected chi connectivity index (χ1v) is 12.9. The molecule has 3 heterocycles. The molecule has 0 unspecified atom stereocenters. The zero-order valence-electron chi connectivity index (χ0n) is 18.5. The van der Waals surface area contributed by atoms with Gasteiger partial charge >= 0.3 is 0 Å². The van der Waals surface area contributed by atoms with E-state index in [1.165, 1.54) is 13.1 Å². The quantitative estimate of drug-likeness (QED) is 0.478. The molecule has 1 amide bonds. The van der Waals surface area contributed by atoms with E-state index in [0.717, 1.165) is 27.0 Å². The molecule has 0 aliphatic carbocycles. The number of ether oxygens (including phenoxy) is 1. The number of benzene rings is 1. The predicted octanol–water partition coefficient (Wildman–Crippen LogP) is 3.05. The van der Waals surface area contributed by atoms with E-state index in [4.69, 9.17) is 9.26 Å². The second-order valence-corrected chi connectivity index (χ2v) is 11.2. The third-order valence-corrected chi connectivity index (χ3v) is 8.77. The van der Waals surface area contributed by atoms with E-state index < -0.39 is 10.0 Å². The van der Waals surface area contributed by atoms with Crippen molar-refractivity contribution < 1.29 is 22.5 Å². The molecule has 0 bridgehead atoms. The monoisotopic (exact) mass is 490 g/mol. The van der Waals surface area contributed by atoms with Crippen LogP contribution in [0.15, 0.2) is 50.5 Å². The number of hydrogen-bond donors (Lipinski definition) is 0. The average Bonchev–Trinajstić information content (AvgIpc) is 3.52. The molecule has 0 N–H and O–H groups in total. The minimum absolute atomic E-state index is 0.0819. The first kappa shape index (κ1) is 23.4. The highest BCUT2D eigenvalue weighted by molar-refractivity contribution is 7.91. The van der Waals surface area contributed by atoms with Gasteiger partial charge in [0.15, 0.2) is 12.4 Å². The summed E-state index contributed by atoms with van der Waals surface area (Å²) in [6.07, 6.45) is 1.37. The summed E-state index contributed by atoms with van der Waals surface area (Å²) < 4.78 is 37.4. The van der Waals surface area contributed by atoms with Crippen molar-refractivity contribution in [2.75, 3.05) is 26.7 Å². The van der Waals surface area contributed by atoms with Crippen LogP contribution in [0.2, 0.25) is 0 Å². The lowest BCUT2D eigenvalue weighted by molar-refractivity contribution is -0.132. The maximum atomic E-state index is 12.7. The van der Waals surface area contributed by atoms with Gasteiger partial charge in [0.05, 0.1) is 6.54 Å². The van der Waals surface area contributed by atoms with Gasteiger partial charge in [-0.3, -0.25) is 4.79 Å². The van der Waals surface area contributed by atoms with Crippen LogP contribution in [-0.4, -0.2) is 60.4 Å². The number of sulfonamides is 1. The van der Waals surface area contributed by atoms with Crippen LogP contribution in [0.3, 0.4) is 0 Å². The molecule has 0 spiro atoms. The van der Waals surface area contributed by atoms with Crippen LogP contribution in [0.5, 0.6) is 5.75 Å². The van der Waals surface area contributed by atoms with Crippen molar-refractivity contribution in [3.05, 3.63) is 59.1 Å². The Balaban J connectivity index is 1.26. The number of rotatable bonds is 8. The molecule has 176 valence electrons. The van der Waals surface area contributed by atoms with Crippen LogP contribution in [0.1, 0.15) is 36.0 Å². The third kappa shape index (κ3) is 5.60. The van der Waals surface area contributed by atoms with Gasteiger partial charge in [0.25, 0.3) is 15.9 Å². The maximum absolute atomic E-state index is 12.7. The normalized spacial score (nSPS) is 15.2. The van der Waals surface area contributed by atoms with Gasteiger partial charge in [-0.1, -0.05) is 28.9 Å². The molecule has 0 atom stereocenters. The molecule has 1 aliphatic heterocycles. The van der Waals surface area contributed by atoms with Crippen molar-refractivity contribution in [2.45, 2.75) is 36.5 Å². The van der Waals surface area contributed by atoms with Crippen LogP contribution in [-0.2, 0) is 21.4 Å². The number of likely N-dealkylation sites (N-methyl/N-ethyl adjacent to an activating group) is 1. The fraction of sp³-hybridized carbons (Fsp3) is 0.409. The molecule has 1 fully saturated rings. The molecule has 2 aromatic heterocycles. The lowest BCUT2D eigenvalue weighted by Gasteiger charge is -2.31. The van der Waals surface area contributed by atoms with E-state index >= 15 is 0 Å². The van der Waals surface area contributed by atoms with Crippen LogP contribution in [0, 0.1) is 6.92 Å². The van der Waals surface area contributed by atoms with Crippen LogP contribution >= 0.6 is 11.3 Å². The van der Waals surface area contributed by atoms with Crippen LogP contribution in [0.4, 0.5) is 0 Å². The molecule has 33 heavy (non-hydrogen) atoms. The number of thiophene rings is 1. The summed E-state index contributed by atoms with van der Waals surface area (Å²) in [6.45, 7) is 3.05. The van der Waals surface area contributed by atoms with Crippen molar-refractivity contribution in [3.8, 4) is 5.75 Å². The Bertz CT molecular complexity index is 1170. The zero-order valence-corrected chi connectivity index (χ0v) is 20.1. The number of aryl methyl sites for hydroxylation is 1. The average molecular weight is 491 g/mol. The molecular formula is C22H26N4O5S2. The number of piperidine rings is 1. The van der Waals surface area contributed by atoms with Crippen molar-refractivity contribution >= 4 is 27.3 Å². The summed E-state index contributed by atoms with van der Waals surface area (Å²) >= 11 is 1.14. The van der Waals surface area contributed by atoms with E-state index in [0.29, 0.717) is 37.6 Å². The number of hydrogen-bond acceptors (Lipinski definition) is 8. The fourth-order valence-electron chi connectivity index (χ4n) is 3.60. The van der Waals surface area contributed by atoms with E-state index in [1.807, 2.05) is 31.2 Å². The Labute approximate surface area is 197 Å². The molecule has 0 saturated carbocycles. The summed E-state index contributed by atoms with van der Waals surface area (Å²) in [5, 5.41) is 5.79. The van der Waals surface area contributed by atoms with E-state index in [2.05, 4.69) is 10.1 Å². The summed E-state index contributed by atoms with van der Waals surface area (Å²) in [7, 11) is -2.22. The topological polar surface area (TPSA) is 106 Å². The van der Waals surface area contributed by atoms with Crippen molar-refractivity contribution in [1.82, 2.24) is 19.3 Å². The number of carbonyl (C=O) groups is 1. The fourth-order valence-corrected chi connectivity index (χ4v) is 5.92. The highest BCUT2D eigenvalue weighted by atomic mass is 32.2. The summed E-state index contributed by atoms with van der Waals surface area (Å²) in [6, 6.07) is 10.9. The Morgan fingerprint density at radius 1 is 1.24 bits per heavy atom. The molecule has 0 radical (unpaired) electrons. The first-order chi connectivity index (χ1) is 15.8. The SMILES string of the molecule is Cc1ccc(OCc2nc(C3CCN(C(=O)CN(C)S(=O)(=O)c4cccs4)CC3)no2)cc1. The molecule has 3 aromatic rings. The highest BCUT2D eigenvalue weighted by Crippen LogP contribution is 2.27. The van der Waals surface area contributed by atoms with Crippen LogP contribution < -0.4 is 4.74 Å². The second-order valence-electron chi connectivity index (χ2n) is 8.00. The Morgan fingerprint density at radius 2 is 1.97 bits per heavy atom. The number of carbonyl (C=O) groups excluding carboxylic acids is 1. The Morgan fingerprint density at radius 3 is 2.64 bits per heavy atom. The van der Waals surface area contributed by atoms with Gasteiger partial charge < -0.3 is 14.2 Å². The molecule has 11 heteroatoms. The minimum Gasteiger partial charge on any atom is -0.484 e. The summed E-state index contributed by atoms with van der Waals surface area (Å²) in [5.41, 5.74) is 1.16. The Hall–Kier alpha value is -2.76. The number of likely N-dealkylation sites (tertiary alicyclic amines) is 1. The smallest absolute Gasteiger partial charge is 0.264 e. The minimum atomic E-state index is -3.65. The number of aromatic nitrogens is 2. The third-order valence-electron chi connectivity index (χ3n) is 5.60. The standard InChI is InChI=1S/C22H26N4O5S2/c1-16-5-7-18(8-6-16)30-15-19-23-22(24-31-19)17-9-11-26(12-10-17)20(27)14-25(2)33(28,29)21-4-3-13-32-21/h3-8,13,17H,9-12,14-15H2,1-2H3. The van der Waals surface area contributed by atoms with Gasteiger partial charge in [-0.25, -0.2) is 8.42 Å². The first-order valence-electron chi connectivity index (χ1n) is 10.6. The number of amides is 1. The van der Waals surface area contributed by atoms with Crippen molar-refractivity contribution in [1.29, 1.82) is 0 Å². The molecule has 9 nitrogen and oxygen atoms in total. The van der Waals surface area contributed by atoms with Gasteiger partial charge in [0, 0.05) is 26.1 Å². The van der Waals surface area contributed by atoms with Gasteiger partial charge in [-0.15, -0.1) is 11.3 Å². The van der Waals surface area contributed by atoms with Gasteiger partial charge in [-0.05, 0) is 43.3 Å². The number of nitrogens with zero attached hydrogens (tertiary/aromatic N) is 4. The maximum Gasteiger partial charge on any atom is 0.264 e. The Kier molecular flexibility index (Phi) is 7.11. The van der Waals surface area contributed by atoms with Crippen molar-refractivity contribution in [2.24, 2.45) is 0 Å². The summed E-state index contributed by atoms with van der Waals surface area (Å²) in [4.78, 5) is 18.8. The van der Waals surface area contributed by atoms with E-state index in [-0.39, 0.29) is 29.2 Å². The lowest BCUT2D eigenvalue weighted by Crippen LogP contribution is -2.44. The van der Waals surface area contributed by atoms with E-state index in [9.17, 15) is 13.2 Å². The largest absolute Gasteiger partial charge is 0.484 e. The molecule has 4 rings (SSSR count). The van der Waals surface area contributed by atoms with Gasteiger partial charge in [-0.2, -0.15) is 9.29 Å². The van der Waals surface area contributed by atoms with Gasteiger partial charge in [0.2, 0.25) is 5.91 Å². The molecule has 1 aromatic carbocycles. The molecule has 1 aliphatic rings. The molecule has 1 saturated heterocycles. The lowest BCUT2D eigenvalue weighted by atomic mass is 9.96. The molecular weight excluding hydrogens is 464 g/mol. The highest BCUT2D eigenvalue weighted by Gasteiger charge is 2.30. The predicted molar refractivity (Wildman–Crippen MR) is 122 cm³/mol.